The number of amides is 1. The Labute approximate surface area is 142 Å². The van der Waals surface area contributed by atoms with Gasteiger partial charge < -0.3 is 4.90 Å². The molecular weight excluding hydrogens is 324 g/mol. The normalized spacial score (nSPS) is 16.1. The fourth-order valence-electron chi connectivity index (χ4n) is 2.85. The monoisotopic (exact) mass is 344 g/mol. The number of likely N-dealkylation sites (tertiary alicyclic amines) is 1. The van der Waals surface area contributed by atoms with Crippen molar-refractivity contribution in [2.24, 2.45) is 0 Å². The molecule has 1 aliphatic rings. The van der Waals surface area contributed by atoms with E-state index in [1.165, 1.54) is 12.1 Å². The average Bonchev–Trinajstić information content (AvgIpc) is 3.15. The Morgan fingerprint density at radius 1 is 0.917 bits per heavy atom. The van der Waals surface area contributed by atoms with Crippen LogP contribution < -0.4 is 4.72 Å². The van der Waals surface area contributed by atoms with E-state index in [2.05, 4.69) is 4.72 Å². The maximum absolute atomic E-state index is 12.9. The van der Waals surface area contributed by atoms with Crippen molar-refractivity contribution in [1.82, 2.24) is 9.62 Å². The van der Waals surface area contributed by atoms with Crippen molar-refractivity contribution in [3.05, 3.63) is 66.2 Å². The lowest BCUT2D eigenvalue weighted by Crippen LogP contribution is -2.41. The van der Waals surface area contributed by atoms with Crippen molar-refractivity contribution in [1.29, 1.82) is 0 Å². The minimum Gasteiger partial charge on any atom is -0.341 e. The third-order valence-electron chi connectivity index (χ3n) is 4.12. The first-order valence-corrected chi connectivity index (χ1v) is 9.47. The highest BCUT2D eigenvalue weighted by Crippen LogP contribution is 2.22. The first-order valence-electron chi connectivity index (χ1n) is 7.99. The minimum atomic E-state index is -3.78. The Morgan fingerprint density at radius 2 is 1.46 bits per heavy atom. The topological polar surface area (TPSA) is 66.5 Å². The molecule has 0 radical (unpaired) electrons. The lowest BCUT2D eigenvalue weighted by atomic mass is 10.1. The van der Waals surface area contributed by atoms with Crippen LogP contribution in [0.1, 0.15) is 24.4 Å². The van der Waals surface area contributed by atoms with Crippen LogP contribution in [0.2, 0.25) is 0 Å². The van der Waals surface area contributed by atoms with E-state index in [0.29, 0.717) is 18.7 Å². The summed E-state index contributed by atoms with van der Waals surface area (Å²) in [5.41, 5.74) is 0.647. The molecule has 1 fully saturated rings. The Balaban J connectivity index is 1.92. The standard InChI is InChI=1S/C18H20N2O3S/c21-18(20-13-7-8-14-20)17(15-9-3-1-4-10-15)19-24(22,23)16-11-5-2-6-12-16/h1-6,9-12,17,19H,7-8,13-14H2/t17-/m0/s1. The van der Waals surface area contributed by atoms with Crippen LogP contribution in [0.15, 0.2) is 65.6 Å². The summed E-state index contributed by atoms with van der Waals surface area (Å²) in [5.74, 6) is -0.196. The summed E-state index contributed by atoms with van der Waals surface area (Å²) in [6, 6.07) is 16.2. The summed E-state index contributed by atoms with van der Waals surface area (Å²) in [6.45, 7) is 1.35. The number of carbonyl (C=O) groups excluding carboxylic acids is 1. The second kappa shape index (κ2) is 7.15. The quantitative estimate of drug-likeness (QED) is 0.905. The maximum Gasteiger partial charge on any atom is 0.245 e. The number of carbonyl (C=O) groups is 1. The van der Waals surface area contributed by atoms with Gasteiger partial charge in [-0.05, 0) is 30.5 Å². The molecule has 1 amide bonds. The summed E-state index contributed by atoms with van der Waals surface area (Å²) in [4.78, 5) is 14.7. The van der Waals surface area contributed by atoms with Crippen molar-refractivity contribution < 1.29 is 13.2 Å². The number of benzene rings is 2. The molecular formula is C18H20N2O3S. The van der Waals surface area contributed by atoms with Crippen LogP contribution in [0, 0.1) is 0 Å². The van der Waals surface area contributed by atoms with E-state index in [-0.39, 0.29) is 10.8 Å². The molecule has 1 N–H and O–H groups in total. The van der Waals surface area contributed by atoms with Gasteiger partial charge in [-0.15, -0.1) is 0 Å². The molecule has 1 heterocycles. The third-order valence-corrected chi connectivity index (χ3v) is 5.56. The van der Waals surface area contributed by atoms with Gasteiger partial charge in [0, 0.05) is 13.1 Å². The van der Waals surface area contributed by atoms with Gasteiger partial charge in [-0.1, -0.05) is 48.5 Å². The zero-order valence-corrected chi connectivity index (χ0v) is 14.1. The summed E-state index contributed by atoms with van der Waals surface area (Å²) in [5, 5.41) is 0. The predicted molar refractivity (Wildman–Crippen MR) is 91.8 cm³/mol. The highest BCUT2D eigenvalue weighted by molar-refractivity contribution is 7.89. The average molecular weight is 344 g/mol. The number of nitrogens with one attached hydrogen (secondary N) is 1. The van der Waals surface area contributed by atoms with Crippen LogP contribution in [0.25, 0.3) is 0 Å². The van der Waals surface area contributed by atoms with E-state index in [0.717, 1.165) is 12.8 Å². The smallest absolute Gasteiger partial charge is 0.245 e. The number of hydrogen-bond acceptors (Lipinski definition) is 3. The van der Waals surface area contributed by atoms with E-state index in [4.69, 9.17) is 0 Å². The largest absolute Gasteiger partial charge is 0.341 e. The van der Waals surface area contributed by atoms with Gasteiger partial charge in [0.1, 0.15) is 6.04 Å². The van der Waals surface area contributed by atoms with Gasteiger partial charge in [0.2, 0.25) is 15.9 Å². The molecule has 0 saturated carbocycles. The van der Waals surface area contributed by atoms with Crippen molar-refractivity contribution in [2.45, 2.75) is 23.8 Å². The van der Waals surface area contributed by atoms with Gasteiger partial charge >= 0.3 is 0 Å². The van der Waals surface area contributed by atoms with E-state index >= 15 is 0 Å². The molecule has 1 saturated heterocycles. The van der Waals surface area contributed by atoms with E-state index < -0.39 is 16.1 Å². The van der Waals surface area contributed by atoms with Crippen LogP contribution in [0.3, 0.4) is 0 Å². The van der Waals surface area contributed by atoms with Crippen LogP contribution in [0.4, 0.5) is 0 Å². The Hall–Kier alpha value is -2.18. The van der Waals surface area contributed by atoms with Crippen molar-refractivity contribution in [3.8, 4) is 0 Å². The van der Waals surface area contributed by atoms with E-state index in [9.17, 15) is 13.2 Å². The summed E-state index contributed by atoms with van der Waals surface area (Å²) in [7, 11) is -3.78. The SMILES string of the molecule is O=C([C@@H](NS(=O)(=O)c1ccccc1)c1ccccc1)N1CCCC1. The molecule has 2 aromatic rings. The van der Waals surface area contributed by atoms with Gasteiger partial charge in [-0.2, -0.15) is 4.72 Å². The molecule has 24 heavy (non-hydrogen) atoms. The molecule has 5 nitrogen and oxygen atoms in total. The molecule has 0 unspecified atom stereocenters. The molecule has 126 valence electrons. The Kier molecular flexibility index (Phi) is 4.97. The van der Waals surface area contributed by atoms with Crippen molar-refractivity contribution in [3.63, 3.8) is 0 Å². The second-order valence-corrected chi connectivity index (χ2v) is 7.52. The van der Waals surface area contributed by atoms with E-state index in [1.54, 1.807) is 47.4 Å². The maximum atomic E-state index is 12.9. The zero-order valence-electron chi connectivity index (χ0n) is 13.3. The third kappa shape index (κ3) is 3.66. The molecule has 1 atom stereocenters. The molecule has 1 aliphatic heterocycles. The van der Waals surface area contributed by atoms with Gasteiger partial charge in [-0.3, -0.25) is 4.79 Å². The Morgan fingerprint density at radius 3 is 2.04 bits per heavy atom. The molecule has 2 aromatic carbocycles. The highest BCUT2D eigenvalue weighted by Gasteiger charge is 2.31. The number of rotatable bonds is 5. The number of nitrogens with zero attached hydrogens (tertiary/aromatic N) is 1. The molecule has 0 aromatic heterocycles. The lowest BCUT2D eigenvalue weighted by molar-refractivity contribution is -0.132. The summed E-state index contributed by atoms with van der Waals surface area (Å²) >= 11 is 0. The van der Waals surface area contributed by atoms with Gasteiger partial charge in [0.25, 0.3) is 0 Å². The predicted octanol–water partition coefficient (Wildman–Crippen LogP) is 2.33. The molecule has 0 bridgehead atoms. The van der Waals surface area contributed by atoms with Crippen LogP contribution in [-0.4, -0.2) is 32.3 Å². The van der Waals surface area contributed by atoms with Crippen LogP contribution >= 0.6 is 0 Å². The Bertz CT molecular complexity index is 786. The molecule has 0 spiro atoms. The fraction of sp³-hybridized carbons (Fsp3) is 0.278. The fourth-order valence-corrected chi connectivity index (χ4v) is 4.05. The first-order chi connectivity index (χ1) is 11.6. The molecule has 0 aliphatic carbocycles. The van der Waals surface area contributed by atoms with Gasteiger partial charge in [-0.25, -0.2) is 8.42 Å². The second-order valence-electron chi connectivity index (χ2n) is 5.81. The summed E-state index contributed by atoms with van der Waals surface area (Å²) in [6.07, 6.45) is 1.91. The molecule has 3 rings (SSSR count). The van der Waals surface area contributed by atoms with Crippen LogP contribution in [0.5, 0.6) is 0 Å². The highest BCUT2D eigenvalue weighted by atomic mass is 32.2. The van der Waals surface area contributed by atoms with E-state index in [1.807, 2.05) is 6.07 Å². The van der Waals surface area contributed by atoms with Crippen molar-refractivity contribution in [2.75, 3.05) is 13.1 Å². The number of hydrogen-bond donors (Lipinski definition) is 1. The first kappa shape index (κ1) is 16.7. The lowest BCUT2D eigenvalue weighted by Gasteiger charge is -2.24. The molecule has 6 heteroatoms. The number of sulfonamides is 1. The zero-order chi connectivity index (χ0) is 17.0. The van der Waals surface area contributed by atoms with Gasteiger partial charge in [0.05, 0.1) is 4.90 Å². The van der Waals surface area contributed by atoms with Crippen LogP contribution in [-0.2, 0) is 14.8 Å². The minimum absolute atomic E-state index is 0.153. The van der Waals surface area contributed by atoms with Crippen molar-refractivity contribution >= 4 is 15.9 Å². The van der Waals surface area contributed by atoms with Gasteiger partial charge in [0.15, 0.2) is 0 Å². The summed E-state index contributed by atoms with van der Waals surface area (Å²) < 4.78 is 27.9.